The fourth-order valence-electron chi connectivity index (χ4n) is 2.60. The average molecular weight is 303 g/mol. The maximum atomic E-state index is 11.6. The molecule has 0 aromatic carbocycles. The Morgan fingerprint density at radius 1 is 1.38 bits per heavy atom. The van der Waals surface area contributed by atoms with Crippen molar-refractivity contribution >= 4 is 23.1 Å². The Hall–Kier alpha value is -1.95. The molecular weight excluding hydrogens is 286 g/mol. The average Bonchev–Trinajstić information content (AvgIpc) is 3.09. The second-order valence-corrected chi connectivity index (χ2v) is 5.84. The SMILES string of the molecule is COC(=O)C1CCN(c2cc(-c3ccsc3)ncn2)CC1. The van der Waals surface area contributed by atoms with E-state index in [2.05, 4.69) is 26.3 Å². The van der Waals surface area contributed by atoms with Crippen molar-refractivity contribution in [1.82, 2.24) is 9.97 Å². The van der Waals surface area contributed by atoms with Crippen LogP contribution in [0.1, 0.15) is 12.8 Å². The minimum absolute atomic E-state index is 0.0180. The number of thiophene rings is 1. The zero-order valence-electron chi connectivity index (χ0n) is 11.9. The standard InChI is InChI=1S/C15H17N3O2S/c1-20-15(19)11-2-5-18(6-3-11)14-8-13(16-10-17-14)12-4-7-21-9-12/h4,7-11H,2-3,5-6H2,1H3. The maximum absolute atomic E-state index is 11.6. The topological polar surface area (TPSA) is 55.3 Å². The molecule has 1 saturated heterocycles. The van der Waals surface area contributed by atoms with Crippen molar-refractivity contribution in [2.75, 3.05) is 25.1 Å². The van der Waals surface area contributed by atoms with Crippen LogP contribution in [0.15, 0.2) is 29.2 Å². The molecule has 110 valence electrons. The molecule has 0 saturated carbocycles. The van der Waals surface area contributed by atoms with E-state index in [1.54, 1.807) is 17.7 Å². The minimum atomic E-state index is -0.101. The highest BCUT2D eigenvalue weighted by molar-refractivity contribution is 7.08. The van der Waals surface area contributed by atoms with E-state index in [4.69, 9.17) is 4.74 Å². The largest absolute Gasteiger partial charge is 0.469 e. The number of piperidine rings is 1. The van der Waals surface area contributed by atoms with Gasteiger partial charge in [-0.15, -0.1) is 0 Å². The summed E-state index contributed by atoms with van der Waals surface area (Å²) in [7, 11) is 1.45. The van der Waals surface area contributed by atoms with Gasteiger partial charge >= 0.3 is 5.97 Å². The van der Waals surface area contributed by atoms with E-state index in [1.165, 1.54) is 7.11 Å². The number of carbonyl (C=O) groups is 1. The van der Waals surface area contributed by atoms with Crippen LogP contribution < -0.4 is 4.90 Å². The second kappa shape index (κ2) is 6.22. The molecule has 1 aliphatic heterocycles. The van der Waals surface area contributed by atoms with E-state index in [0.717, 1.165) is 43.0 Å². The Bertz CT molecular complexity index is 607. The normalized spacial score (nSPS) is 16.0. The Balaban J connectivity index is 1.71. The van der Waals surface area contributed by atoms with E-state index in [9.17, 15) is 4.79 Å². The summed E-state index contributed by atoms with van der Waals surface area (Å²) in [5.41, 5.74) is 2.06. The summed E-state index contributed by atoms with van der Waals surface area (Å²) < 4.78 is 4.82. The van der Waals surface area contributed by atoms with Crippen LogP contribution in [-0.4, -0.2) is 36.1 Å². The summed E-state index contributed by atoms with van der Waals surface area (Å²) >= 11 is 1.66. The molecule has 0 bridgehead atoms. The highest BCUT2D eigenvalue weighted by Crippen LogP contribution is 2.26. The highest BCUT2D eigenvalue weighted by atomic mass is 32.1. The Labute approximate surface area is 127 Å². The Morgan fingerprint density at radius 3 is 2.86 bits per heavy atom. The molecule has 2 aromatic rings. The van der Waals surface area contributed by atoms with Crippen LogP contribution in [0.3, 0.4) is 0 Å². The van der Waals surface area contributed by atoms with E-state index in [1.807, 2.05) is 11.4 Å². The van der Waals surface area contributed by atoms with Gasteiger partial charge in [0, 0.05) is 30.1 Å². The number of aromatic nitrogens is 2. The molecule has 6 heteroatoms. The summed E-state index contributed by atoms with van der Waals surface area (Å²) in [4.78, 5) is 22.5. The predicted octanol–water partition coefficient (Wildman–Crippen LogP) is 2.59. The number of esters is 1. The van der Waals surface area contributed by atoms with Crippen LogP contribution in [0, 0.1) is 5.92 Å². The van der Waals surface area contributed by atoms with E-state index < -0.39 is 0 Å². The minimum Gasteiger partial charge on any atom is -0.469 e. The molecule has 0 N–H and O–H groups in total. The lowest BCUT2D eigenvalue weighted by Gasteiger charge is -2.31. The van der Waals surface area contributed by atoms with Crippen LogP contribution in [0.4, 0.5) is 5.82 Å². The molecule has 1 aliphatic rings. The molecular formula is C15H17N3O2S. The molecule has 0 spiro atoms. The van der Waals surface area contributed by atoms with Crippen molar-refractivity contribution in [1.29, 1.82) is 0 Å². The lowest BCUT2D eigenvalue weighted by molar-refractivity contribution is -0.146. The quantitative estimate of drug-likeness (QED) is 0.816. The molecule has 3 heterocycles. The molecule has 0 aliphatic carbocycles. The molecule has 3 rings (SSSR count). The molecule has 0 unspecified atom stereocenters. The third-order valence-corrected chi connectivity index (χ3v) is 4.51. The highest BCUT2D eigenvalue weighted by Gasteiger charge is 2.26. The number of hydrogen-bond acceptors (Lipinski definition) is 6. The number of methoxy groups -OCH3 is 1. The van der Waals surface area contributed by atoms with Crippen molar-refractivity contribution in [2.24, 2.45) is 5.92 Å². The first-order valence-corrected chi connectivity index (χ1v) is 7.89. The van der Waals surface area contributed by atoms with Gasteiger partial charge in [0.05, 0.1) is 18.7 Å². The molecule has 0 radical (unpaired) electrons. The summed E-state index contributed by atoms with van der Waals surface area (Å²) in [6.45, 7) is 1.64. The summed E-state index contributed by atoms with van der Waals surface area (Å²) in [5.74, 6) is 0.843. The lowest BCUT2D eigenvalue weighted by Crippen LogP contribution is -2.37. The number of rotatable bonds is 3. The van der Waals surface area contributed by atoms with E-state index in [0.29, 0.717) is 0 Å². The third kappa shape index (κ3) is 3.05. The number of ether oxygens (including phenoxy) is 1. The molecule has 21 heavy (non-hydrogen) atoms. The van der Waals surface area contributed by atoms with Crippen molar-refractivity contribution in [3.8, 4) is 11.3 Å². The van der Waals surface area contributed by atoms with Gasteiger partial charge in [-0.2, -0.15) is 11.3 Å². The van der Waals surface area contributed by atoms with Gasteiger partial charge in [0.2, 0.25) is 0 Å². The molecule has 1 fully saturated rings. The smallest absolute Gasteiger partial charge is 0.308 e. The first-order valence-electron chi connectivity index (χ1n) is 6.95. The molecule has 0 amide bonds. The first-order chi connectivity index (χ1) is 10.3. The van der Waals surface area contributed by atoms with Crippen LogP contribution in [0.25, 0.3) is 11.3 Å². The van der Waals surface area contributed by atoms with Gasteiger partial charge in [-0.05, 0) is 24.3 Å². The van der Waals surface area contributed by atoms with Gasteiger partial charge < -0.3 is 9.64 Å². The number of nitrogens with zero attached hydrogens (tertiary/aromatic N) is 3. The van der Waals surface area contributed by atoms with Gasteiger partial charge in [-0.1, -0.05) is 0 Å². The summed E-state index contributed by atoms with van der Waals surface area (Å²) in [6.07, 6.45) is 3.23. The van der Waals surface area contributed by atoms with Crippen LogP contribution in [0.2, 0.25) is 0 Å². The van der Waals surface area contributed by atoms with Gasteiger partial charge in [0.15, 0.2) is 0 Å². The van der Waals surface area contributed by atoms with Crippen LogP contribution >= 0.6 is 11.3 Å². The third-order valence-electron chi connectivity index (χ3n) is 3.82. The molecule has 0 atom stereocenters. The lowest BCUT2D eigenvalue weighted by atomic mass is 9.97. The van der Waals surface area contributed by atoms with Gasteiger partial charge in [0.25, 0.3) is 0 Å². The fourth-order valence-corrected chi connectivity index (χ4v) is 3.25. The zero-order valence-corrected chi connectivity index (χ0v) is 12.7. The van der Waals surface area contributed by atoms with Gasteiger partial charge in [-0.3, -0.25) is 4.79 Å². The van der Waals surface area contributed by atoms with E-state index in [-0.39, 0.29) is 11.9 Å². The Kier molecular flexibility index (Phi) is 4.15. The number of carbonyl (C=O) groups excluding carboxylic acids is 1. The van der Waals surface area contributed by atoms with Crippen molar-refractivity contribution < 1.29 is 9.53 Å². The monoisotopic (exact) mass is 303 g/mol. The maximum Gasteiger partial charge on any atom is 0.308 e. The fraction of sp³-hybridized carbons (Fsp3) is 0.400. The number of hydrogen-bond donors (Lipinski definition) is 0. The van der Waals surface area contributed by atoms with Crippen molar-refractivity contribution in [3.05, 3.63) is 29.2 Å². The van der Waals surface area contributed by atoms with Crippen molar-refractivity contribution in [3.63, 3.8) is 0 Å². The van der Waals surface area contributed by atoms with Crippen LogP contribution in [-0.2, 0) is 9.53 Å². The second-order valence-electron chi connectivity index (χ2n) is 5.06. The summed E-state index contributed by atoms with van der Waals surface area (Å²) in [5, 5.41) is 4.12. The summed E-state index contributed by atoms with van der Waals surface area (Å²) in [6, 6.07) is 4.07. The molecule has 2 aromatic heterocycles. The van der Waals surface area contributed by atoms with Gasteiger partial charge in [0.1, 0.15) is 12.1 Å². The first kappa shape index (κ1) is 14.0. The number of anilines is 1. The predicted molar refractivity (Wildman–Crippen MR) is 82.3 cm³/mol. The van der Waals surface area contributed by atoms with Gasteiger partial charge in [-0.25, -0.2) is 9.97 Å². The van der Waals surface area contributed by atoms with E-state index >= 15 is 0 Å². The van der Waals surface area contributed by atoms with Crippen LogP contribution in [0.5, 0.6) is 0 Å². The Morgan fingerprint density at radius 2 is 2.19 bits per heavy atom. The molecule has 5 nitrogen and oxygen atoms in total. The zero-order chi connectivity index (χ0) is 14.7. The van der Waals surface area contributed by atoms with Crippen molar-refractivity contribution in [2.45, 2.75) is 12.8 Å².